The SMILES string of the molecule is CCOC1=CC(c2ccccc2)=C2CCCCC12N(Cc1ccccc1)Cc1ccccc1. The molecular weight excluding hydrogens is 402 g/mol. The van der Waals surface area contributed by atoms with Gasteiger partial charge in [0.2, 0.25) is 0 Å². The number of hydrogen-bond acceptors (Lipinski definition) is 2. The topological polar surface area (TPSA) is 12.5 Å². The minimum absolute atomic E-state index is 0.189. The van der Waals surface area contributed by atoms with Crippen molar-refractivity contribution in [3.05, 3.63) is 125 Å². The van der Waals surface area contributed by atoms with Crippen LogP contribution in [-0.4, -0.2) is 17.0 Å². The van der Waals surface area contributed by atoms with Crippen molar-refractivity contribution in [3.63, 3.8) is 0 Å². The van der Waals surface area contributed by atoms with E-state index in [-0.39, 0.29) is 5.54 Å². The van der Waals surface area contributed by atoms with Crippen LogP contribution in [0, 0.1) is 0 Å². The Labute approximate surface area is 198 Å². The van der Waals surface area contributed by atoms with E-state index in [1.54, 1.807) is 0 Å². The predicted octanol–water partition coefficient (Wildman–Crippen LogP) is 7.39. The summed E-state index contributed by atoms with van der Waals surface area (Å²) in [5, 5.41) is 0. The fourth-order valence-electron chi connectivity index (χ4n) is 5.64. The van der Waals surface area contributed by atoms with Crippen LogP contribution in [0.1, 0.15) is 49.3 Å². The Balaban J connectivity index is 1.65. The zero-order valence-corrected chi connectivity index (χ0v) is 19.5. The van der Waals surface area contributed by atoms with Crippen LogP contribution in [0.4, 0.5) is 0 Å². The third-order valence-electron chi connectivity index (χ3n) is 7.08. The van der Waals surface area contributed by atoms with Crippen molar-refractivity contribution in [2.75, 3.05) is 6.61 Å². The molecule has 3 aromatic carbocycles. The Kier molecular flexibility index (Phi) is 6.46. The summed E-state index contributed by atoms with van der Waals surface area (Å²) in [7, 11) is 0. The second-order valence-corrected chi connectivity index (χ2v) is 9.09. The molecule has 1 atom stereocenters. The molecule has 0 N–H and O–H groups in total. The first-order valence-electron chi connectivity index (χ1n) is 12.3. The number of hydrogen-bond donors (Lipinski definition) is 0. The lowest BCUT2D eigenvalue weighted by molar-refractivity contribution is 0.0493. The lowest BCUT2D eigenvalue weighted by Crippen LogP contribution is -2.51. The van der Waals surface area contributed by atoms with Crippen LogP contribution in [0.15, 0.2) is 108 Å². The second kappa shape index (κ2) is 9.80. The molecule has 0 amide bonds. The van der Waals surface area contributed by atoms with Crippen molar-refractivity contribution in [1.82, 2.24) is 4.90 Å². The van der Waals surface area contributed by atoms with Gasteiger partial charge in [0.25, 0.3) is 0 Å². The van der Waals surface area contributed by atoms with Crippen LogP contribution >= 0.6 is 0 Å². The first-order valence-corrected chi connectivity index (χ1v) is 12.3. The van der Waals surface area contributed by atoms with Crippen LogP contribution in [0.3, 0.4) is 0 Å². The standard InChI is InChI=1S/C31H33NO/c1-2-33-30-22-28(27-18-10-5-11-19-27)29-20-12-13-21-31(29,30)32(23-25-14-6-3-7-15-25)24-26-16-8-4-9-17-26/h3-11,14-19,22H,2,12-13,20-21,23-24H2,1H3. The van der Waals surface area contributed by atoms with Gasteiger partial charge in [-0.3, -0.25) is 4.90 Å². The summed E-state index contributed by atoms with van der Waals surface area (Å²) in [6.45, 7) is 4.58. The molecule has 0 aliphatic heterocycles. The van der Waals surface area contributed by atoms with E-state index in [1.165, 1.54) is 40.7 Å². The highest BCUT2D eigenvalue weighted by Crippen LogP contribution is 2.52. The van der Waals surface area contributed by atoms with Gasteiger partial charge in [-0.25, -0.2) is 0 Å². The van der Waals surface area contributed by atoms with E-state index in [9.17, 15) is 0 Å². The van der Waals surface area contributed by atoms with Gasteiger partial charge in [-0.15, -0.1) is 0 Å². The summed E-state index contributed by atoms with van der Waals surface area (Å²) in [6.07, 6.45) is 7.03. The molecule has 2 heteroatoms. The normalized spacial score (nSPS) is 20.0. The third-order valence-corrected chi connectivity index (χ3v) is 7.08. The van der Waals surface area contributed by atoms with Gasteiger partial charge in [0.15, 0.2) is 0 Å². The summed E-state index contributed by atoms with van der Waals surface area (Å²) in [5.74, 6) is 1.13. The summed E-state index contributed by atoms with van der Waals surface area (Å²) < 4.78 is 6.46. The van der Waals surface area contributed by atoms with Gasteiger partial charge in [0.1, 0.15) is 11.3 Å². The molecule has 1 saturated carbocycles. The number of benzene rings is 3. The van der Waals surface area contributed by atoms with Crippen molar-refractivity contribution >= 4 is 5.57 Å². The number of rotatable bonds is 8. The monoisotopic (exact) mass is 435 g/mol. The van der Waals surface area contributed by atoms with Crippen LogP contribution in [0.5, 0.6) is 0 Å². The zero-order valence-electron chi connectivity index (χ0n) is 19.5. The fraction of sp³-hybridized carbons (Fsp3) is 0.290. The van der Waals surface area contributed by atoms with Gasteiger partial charge in [0.05, 0.1) is 6.61 Å². The maximum Gasteiger partial charge on any atom is 0.121 e. The molecule has 0 spiro atoms. The molecule has 1 fully saturated rings. The number of ether oxygens (including phenoxy) is 1. The average Bonchev–Trinajstić information content (AvgIpc) is 3.21. The first-order chi connectivity index (χ1) is 16.3. The highest BCUT2D eigenvalue weighted by atomic mass is 16.5. The summed E-state index contributed by atoms with van der Waals surface area (Å²) >= 11 is 0. The average molecular weight is 436 g/mol. The maximum absolute atomic E-state index is 6.46. The predicted molar refractivity (Wildman–Crippen MR) is 136 cm³/mol. The molecule has 0 heterocycles. The molecule has 168 valence electrons. The van der Waals surface area contributed by atoms with Crippen molar-refractivity contribution < 1.29 is 4.74 Å². The van der Waals surface area contributed by atoms with Crippen LogP contribution in [0.25, 0.3) is 5.57 Å². The van der Waals surface area contributed by atoms with E-state index in [1.807, 2.05) is 0 Å². The molecule has 5 rings (SSSR count). The van der Waals surface area contributed by atoms with E-state index in [4.69, 9.17) is 4.74 Å². The highest BCUT2D eigenvalue weighted by molar-refractivity contribution is 5.83. The van der Waals surface area contributed by atoms with Gasteiger partial charge in [-0.1, -0.05) is 97.4 Å². The van der Waals surface area contributed by atoms with Gasteiger partial charge in [-0.2, -0.15) is 0 Å². The fourth-order valence-corrected chi connectivity index (χ4v) is 5.64. The number of nitrogens with zero attached hydrogens (tertiary/aromatic N) is 1. The summed E-state index contributed by atoms with van der Waals surface area (Å²) in [4.78, 5) is 2.68. The molecule has 0 saturated heterocycles. The molecule has 2 aliphatic carbocycles. The molecule has 1 unspecified atom stereocenters. The largest absolute Gasteiger partial charge is 0.496 e. The van der Waals surface area contributed by atoms with E-state index in [0.29, 0.717) is 6.61 Å². The molecule has 0 radical (unpaired) electrons. The second-order valence-electron chi connectivity index (χ2n) is 9.09. The Morgan fingerprint density at radius 1 is 0.758 bits per heavy atom. The van der Waals surface area contributed by atoms with Crippen LogP contribution in [0.2, 0.25) is 0 Å². The number of fused-ring (bicyclic) bond motifs is 1. The highest BCUT2D eigenvalue weighted by Gasteiger charge is 2.50. The van der Waals surface area contributed by atoms with Crippen molar-refractivity contribution in [2.45, 2.75) is 51.2 Å². The van der Waals surface area contributed by atoms with E-state index < -0.39 is 0 Å². The molecular formula is C31H33NO. The lowest BCUT2D eigenvalue weighted by Gasteiger charge is -2.47. The van der Waals surface area contributed by atoms with Gasteiger partial charge < -0.3 is 4.74 Å². The molecule has 2 aliphatic rings. The molecule has 0 bridgehead atoms. The first kappa shape index (κ1) is 21.7. The van der Waals surface area contributed by atoms with E-state index in [2.05, 4.69) is 109 Å². The Hall–Kier alpha value is -3.10. The van der Waals surface area contributed by atoms with Gasteiger partial charge in [0, 0.05) is 13.1 Å². The maximum atomic E-state index is 6.46. The summed E-state index contributed by atoms with van der Waals surface area (Å²) in [5.41, 5.74) is 6.70. The van der Waals surface area contributed by atoms with Crippen molar-refractivity contribution in [2.24, 2.45) is 0 Å². The quantitative estimate of drug-likeness (QED) is 0.366. The minimum atomic E-state index is -0.189. The van der Waals surface area contributed by atoms with Crippen molar-refractivity contribution in [3.8, 4) is 0 Å². The smallest absolute Gasteiger partial charge is 0.121 e. The van der Waals surface area contributed by atoms with Gasteiger partial charge in [-0.05, 0) is 60.1 Å². The van der Waals surface area contributed by atoms with Crippen LogP contribution in [-0.2, 0) is 17.8 Å². The number of allylic oxidation sites excluding steroid dienone is 2. The Bertz CT molecular complexity index is 1080. The van der Waals surface area contributed by atoms with E-state index in [0.717, 1.165) is 31.7 Å². The Morgan fingerprint density at radius 2 is 1.33 bits per heavy atom. The molecule has 2 nitrogen and oxygen atoms in total. The lowest BCUT2D eigenvalue weighted by atomic mass is 9.75. The van der Waals surface area contributed by atoms with E-state index >= 15 is 0 Å². The van der Waals surface area contributed by atoms with Gasteiger partial charge >= 0.3 is 0 Å². The van der Waals surface area contributed by atoms with Crippen molar-refractivity contribution in [1.29, 1.82) is 0 Å². The van der Waals surface area contributed by atoms with Crippen LogP contribution < -0.4 is 0 Å². The molecule has 33 heavy (non-hydrogen) atoms. The third kappa shape index (κ3) is 4.28. The Morgan fingerprint density at radius 3 is 1.91 bits per heavy atom. The summed E-state index contributed by atoms with van der Waals surface area (Å²) in [6, 6.07) is 32.7. The molecule has 0 aromatic heterocycles. The zero-order chi connectivity index (χ0) is 22.5. The minimum Gasteiger partial charge on any atom is -0.496 e. The molecule has 3 aromatic rings.